The van der Waals surface area contributed by atoms with E-state index in [2.05, 4.69) is 13.8 Å². The summed E-state index contributed by atoms with van der Waals surface area (Å²) in [5, 5.41) is 0. The molecule has 0 unspecified atom stereocenters. The Morgan fingerprint density at radius 3 is 0.636 bits per heavy atom. The molecule has 0 aromatic carbocycles. The maximum atomic E-state index is 3.25. The first kappa shape index (κ1) is 29.8. The SMILES string of the molecule is C[CH-]C.C[CH-]C.[CH2-]C.[CH2-]C.[Ti+4]. The van der Waals surface area contributed by atoms with Crippen molar-refractivity contribution in [3.8, 4) is 0 Å². The van der Waals surface area contributed by atoms with Crippen molar-refractivity contribution in [2.45, 2.75) is 41.5 Å². The van der Waals surface area contributed by atoms with Crippen LogP contribution in [0.2, 0.25) is 0 Å². The zero-order valence-electron chi connectivity index (χ0n) is 9.07. The second kappa shape index (κ2) is 137. The van der Waals surface area contributed by atoms with Gasteiger partial charge in [-0.05, 0) is 0 Å². The molecule has 0 radical (unpaired) electrons. The minimum Gasteiger partial charge on any atom is -0.346 e. The van der Waals surface area contributed by atoms with Crippen LogP contribution in [0.25, 0.3) is 0 Å². The van der Waals surface area contributed by atoms with E-state index in [1.165, 1.54) is 0 Å². The van der Waals surface area contributed by atoms with Crippen LogP contribution in [0.15, 0.2) is 0 Å². The van der Waals surface area contributed by atoms with E-state index in [1.807, 2.05) is 40.5 Å². The minimum absolute atomic E-state index is 0. The fraction of sp³-hybridized carbons (Fsp3) is 0.600. The fourth-order valence-electron chi connectivity index (χ4n) is 0. The third kappa shape index (κ3) is 1590. The maximum absolute atomic E-state index is 3.25. The molecule has 0 aromatic heterocycles. The van der Waals surface area contributed by atoms with Gasteiger partial charge < -0.3 is 26.7 Å². The van der Waals surface area contributed by atoms with E-state index in [1.54, 1.807) is 13.8 Å². The molecule has 0 aliphatic heterocycles. The van der Waals surface area contributed by atoms with E-state index in [9.17, 15) is 0 Å². The van der Waals surface area contributed by atoms with E-state index in [0.29, 0.717) is 0 Å². The van der Waals surface area contributed by atoms with Gasteiger partial charge in [0.1, 0.15) is 0 Å². The molecule has 0 saturated carbocycles. The summed E-state index contributed by atoms with van der Waals surface area (Å²) >= 11 is 0. The molecule has 1 heteroatoms. The Labute approximate surface area is 90.0 Å². The van der Waals surface area contributed by atoms with E-state index in [0.717, 1.165) is 0 Å². The molecule has 0 spiro atoms. The Morgan fingerprint density at radius 1 is 0.636 bits per heavy atom. The van der Waals surface area contributed by atoms with Crippen molar-refractivity contribution in [3.63, 3.8) is 0 Å². The summed E-state index contributed by atoms with van der Waals surface area (Å²) in [6, 6.07) is 0. The second-order valence-electron chi connectivity index (χ2n) is 1.15. The predicted octanol–water partition coefficient (Wildman–Crippen LogP) is 4.14. The van der Waals surface area contributed by atoms with Gasteiger partial charge in [-0.1, -0.05) is 0 Å². The Bertz CT molecular complexity index is 6.83. The average molecular weight is 192 g/mol. The van der Waals surface area contributed by atoms with Crippen molar-refractivity contribution in [2.75, 3.05) is 0 Å². The summed E-state index contributed by atoms with van der Waals surface area (Å²) in [5.41, 5.74) is 0. The molecule has 0 saturated heterocycles. The van der Waals surface area contributed by atoms with Gasteiger partial charge in [0.05, 0.1) is 0 Å². The summed E-state index contributed by atoms with van der Waals surface area (Å²) in [4.78, 5) is 0. The summed E-state index contributed by atoms with van der Waals surface area (Å²) < 4.78 is 0. The molecule has 0 N–H and O–H groups in total. The van der Waals surface area contributed by atoms with E-state index < -0.39 is 0 Å². The van der Waals surface area contributed by atoms with Crippen molar-refractivity contribution in [1.82, 2.24) is 0 Å². The molecule has 0 bridgehead atoms. The molecule has 0 atom stereocenters. The maximum Gasteiger partial charge on any atom is 4.00 e. The van der Waals surface area contributed by atoms with E-state index in [4.69, 9.17) is 0 Å². The average Bonchev–Trinajstić information content (AvgIpc) is 1.99. The Kier molecular flexibility index (Phi) is 372. The third-order valence-electron chi connectivity index (χ3n) is 0. The van der Waals surface area contributed by atoms with Gasteiger partial charge in [0, 0.05) is 0 Å². The molecule has 68 valence electrons. The molecule has 0 rings (SSSR count). The fourth-order valence-corrected chi connectivity index (χ4v) is 0. The molecule has 0 amide bonds. The van der Waals surface area contributed by atoms with E-state index in [-0.39, 0.29) is 21.7 Å². The first-order chi connectivity index (χ1) is 4.83. The molecule has 11 heavy (non-hydrogen) atoms. The first-order valence-corrected chi connectivity index (χ1v) is 3.72. The van der Waals surface area contributed by atoms with Crippen LogP contribution in [0.1, 0.15) is 41.5 Å². The van der Waals surface area contributed by atoms with Crippen molar-refractivity contribution >= 4 is 0 Å². The summed E-state index contributed by atoms with van der Waals surface area (Å²) in [6.45, 7) is 18.0. The van der Waals surface area contributed by atoms with E-state index >= 15 is 0 Å². The van der Waals surface area contributed by atoms with Gasteiger partial charge in [0.25, 0.3) is 0 Å². The van der Waals surface area contributed by atoms with Crippen LogP contribution >= 0.6 is 0 Å². The molecule has 0 aromatic rings. The van der Waals surface area contributed by atoms with Crippen LogP contribution in [0.4, 0.5) is 0 Å². The van der Waals surface area contributed by atoms with Crippen molar-refractivity contribution in [2.24, 2.45) is 0 Å². The van der Waals surface area contributed by atoms with Crippen LogP contribution in [0.5, 0.6) is 0 Å². The Balaban J connectivity index is -0.0000000144. The van der Waals surface area contributed by atoms with Crippen LogP contribution < -0.4 is 0 Å². The Morgan fingerprint density at radius 2 is 0.636 bits per heavy atom. The number of hydrogen-bond acceptors (Lipinski definition) is 0. The zero-order valence-corrected chi connectivity index (χ0v) is 10.6. The van der Waals surface area contributed by atoms with Gasteiger partial charge in [-0.15, -0.1) is 0 Å². The predicted molar refractivity (Wildman–Crippen MR) is 53.4 cm³/mol. The standard InChI is InChI=1S/2C3H7.2C2H5.Ti/c2*1-3-2;2*1-2;/h2*3H,1-2H3;2*1H2,2H3;/q4*-1;+4. The van der Waals surface area contributed by atoms with Crippen molar-refractivity contribution in [3.05, 3.63) is 26.7 Å². The summed E-state index contributed by atoms with van der Waals surface area (Å²) in [6.07, 6.45) is 4.00. The first-order valence-electron chi connectivity index (χ1n) is 3.72. The van der Waals surface area contributed by atoms with Crippen LogP contribution in [0, 0.1) is 26.7 Å². The molecular formula is C10H24Ti. The summed E-state index contributed by atoms with van der Waals surface area (Å²) in [5.74, 6) is 0. The minimum atomic E-state index is 0. The van der Waals surface area contributed by atoms with Crippen molar-refractivity contribution in [1.29, 1.82) is 0 Å². The van der Waals surface area contributed by atoms with Crippen molar-refractivity contribution < 1.29 is 21.7 Å². The molecule has 0 aliphatic carbocycles. The quantitative estimate of drug-likeness (QED) is 0.399. The largest absolute Gasteiger partial charge is 4.00 e. The van der Waals surface area contributed by atoms with Crippen LogP contribution in [-0.2, 0) is 21.7 Å². The smallest absolute Gasteiger partial charge is 0.346 e. The molecule has 0 fully saturated rings. The molecule has 0 nitrogen and oxygen atoms in total. The van der Waals surface area contributed by atoms with Crippen LogP contribution in [0.3, 0.4) is 0 Å². The normalized spacial score (nSPS) is 4.36. The van der Waals surface area contributed by atoms with Gasteiger partial charge in [-0.2, -0.15) is 41.5 Å². The molecule has 0 heterocycles. The zero-order chi connectivity index (χ0) is 9.41. The topological polar surface area (TPSA) is 0 Å². The van der Waals surface area contributed by atoms with Gasteiger partial charge in [0.2, 0.25) is 0 Å². The van der Waals surface area contributed by atoms with Gasteiger partial charge in [0.15, 0.2) is 0 Å². The Hall–Kier alpha value is 0.714. The molecule has 0 aliphatic rings. The second-order valence-corrected chi connectivity index (χ2v) is 1.15. The van der Waals surface area contributed by atoms with Gasteiger partial charge in [-0.3, -0.25) is 0 Å². The van der Waals surface area contributed by atoms with Crippen LogP contribution in [-0.4, -0.2) is 0 Å². The summed E-state index contributed by atoms with van der Waals surface area (Å²) in [7, 11) is 0. The van der Waals surface area contributed by atoms with Gasteiger partial charge in [-0.25, -0.2) is 0 Å². The van der Waals surface area contributed by atoms with Gasteiger partial charge >= 0.3 is 21.7 Å². The number of rotatable bonds is 0. The number of hydrogen-bond donors (Lipinski definition) is 0. The molecular weight excluding hydrogens is 168 g/mol. The monoisotopic (exact) mass is 192 g/mol. The third-order valence-corrected chi connectivity index (χ3v) is 0.